The van der Waals surface area contributed by atoms with Crippen molar-refractivity contribution in [2.45, 2.75) is 25.2 Å². The van der Waals surface area contributed by atoms with E-state index in [4.69, 9.17) is 10.5 Å². The molecule has 0 amide bonds. The minimum atomic E-state index is -0.384. The molecule has 4 rings (SSSR count). The number of hydrogen-bond donors (Lipinski definition) is 3. The summed E-state index contributed by atoms with van der Waals surface area (Å²) in [7, 11) is 0. The fourth-order valence-electron chi connectivity index (χ4n) is 3.08. The SMILES string of the molecule is Nc1nc2c(nc(-c3ccccc3)n2C2CCC(CO)O2)c(=O)[nH]1. The molecular weight excluding hydrogens is 310 g/mol. The molecule has 0 spiro atoms. The topological polar surface area (TPSA) is 119 Å². The van der Waals surface area contributed by atoms with Gasteiger partial charge >= 0.3 is 0 Å². The second-order valence-electron chi connectivity index (χ2n) is 5.77. The van der Waals surface area contributed by atoms with E-state index in [2.05, 4.69) is 15.0 Å². The molecule has 1 fully saturated rings. The van der Waals surface area contributed by atoms with E-state index < -0.39 is 0 Å². The van der Waals surface area contributed by atoms with Crippen molar-refractivity contribution < 1.29 is 9.84 Å². The van der Waals surface area contributed by atoms with E-state index in [1.54, 1.807) is 4.57 Å². The van der Waals surface area contributed by atoms with Crippen LogP contribution in [0.3, 0.4) is 0 Å². The number of aromatic amines is 1. The first-order chi connectivity index (χ1) is 11.7. The summed E-state index contributed by atoms with van der Waals surface area (Å²) in [6.45, 7) is -0.0417. The molecule has 124 valence electrons. The molecule has 2 aromatic heterocycles. The molecule has 1 aromatic carbocycles. The van der Waals surface area contributed by atoms with Gasteiger partial charge in [-0.1, -0.05) is 30.3 Å². The molecule has 0 radical (unpaired) electrons. The number of aromatic nitrogens is 4. The monoisotopic (exact) mass is 327 g/mol. The van der Waals surface area contributed by atoms with Crippen LogP contribution in [0.25, 0.3) is 22.6 Å². The second-order valence-corrected chi connectivity index (χ2v) is 5.77. The third kappa shape index (κ3) is 2.36. The Morgan fingerprint density at radius 3 is 2.79 bits per heavy atom. The average molecular weight is 327 g/mol. The smallest absolute Gasteiger partial charge is 0.280 e. The molecule has 1 aliphatic heterocycles. The average Bonchev–Trinajstić information content (AvgIpc) is 3.19. The van der Waals surface area contributed by atoms with Gasteiger partial charge in [0.15, 0.2) is 11.2 Å². The van der Waals surface area contributed by atoms with Gasteiger partial charge in [0.25, 0.3) is 5.56 Å². The number of fused-ring (bicyclic) bond motifs is 1. The Bertz CT molecular complexity index is 934. The first kappa shape index (κ1) is 14.9. The highest BCUT2D eigenvalue weighted by molar-refractivity contribution is 5.77. The lowest BCUT2D eigenvalue weighted by molar-refractivity contribution is -0.0199. The number of aliphatic hydroxyl groups excluding tert-OH is 1. The van der Waals surface area contributed by atoms with Crippen LogP contribution in [0.15, 0.2) is 35.1 Å². The Labute approximate surface area is 136 Å². The van der Waals surface area contributed by atoms with Crippen LogP contribution in [0, 0.1) is 0 Å². The Morgan fingerprint density at radius 1 is 1.29 bits per heavy atom. The van der Waals surface area contributed by atoms with Crippen LogP contribution in [0.2, 0.25) is 0 Å². The molecule has 0 saturated carbocycles. The number of rotatable bonds is 3. The molecule has 8 heteroatoms. The summed E-state index contributed by atoms with van der Waals surface area (Å²) >= 11 is 0. The fraction of sp³-hybridized carbons (Fsp3) is 0.312. The predicted molar refractivity (Wildman–Crippen MR) is 88.2 cm³/mol. The second kappa shape index (κ2) is 5.73. The molecule has 2 atom stereocenters. The molecule has 1 saturated heterocycles. The van der Waals surface area contributed by atoms with E-state index in [1.165, 1.54) is 0 Å². The van der Waals surface area contributed by atoms with E-state index in [9.17, 15) is 9.90 Å². The molecule has 2 unspecified atom stereocenters. The zero-order chi connectivity index (χ0) is 16.7. The zero-order valence-electron chi connectivity index (χ0n) is 12.8. The minimum Gasteiger partial charge on any atom is -0.394 e. The quantitative estimate of drug-likeness (QED) is 0.661. The summed E-state index contributed by atoms with van der Waals surface area (Å²) in [4.78, 5) is 23.4. The van der Waals surface area contributed by atoms with Gasteiger partial charge in [-0.25, -0.2) is 4.98 Å². The fourth-order valence-corrected chi connectivity index (χ4v) is 3.08. The van der Waals surface area contributed by atoms with Crippen molar-refractivity contribution in [1.82, 2.24) is 19.5 Å². The van der Waals surface area contributed by atoms with Gasteiger partial charge in [-0.2, -0.15) is 4.98 Å². The van der Waals surface area contributed by atoms with Crippen molar-refractivity contribution >= 4 is 17.1 Å². The maximum absolute atomic E-state index is 12.2. The Hall–Kier alpha value is -2.71. The van der Waals surface area contributed by atoms with E-state index in [0.29, 0.717) is 17.9 Å². The summed E-state index contributed by atoms with van der Waals surface area (Å²) in [6, 6.07) is 9.53. The van der Waals surface area contributed by atoms with Gasteiger partial charge in [-0.15, -0.1) is 0 Å². The number of anilines is 1. The highest BCUT2D eigenvalue weighted by Crippen LogP contribution is 2.34. The van der Waals surface area contributed by atoms with Gasteiger partial charge in [0.05, 0.1) is 12.7 Å². The van der Waals surface area contributed by atoms with Gasteiger partial charge in [-0.3, -0.25) is 14.3 Å². The summed E-state index contributed by atoms with van der Waals surface area (Å²) in [6.07, 6.45) is 0.852. The number of nitrogens with two attached hydrogens (primary N) is 1. The Kier molecular flexibility index (Phi) is 3.55. The molecule has 0 bridgehead atoms. The molecule has 0 aliphatic carbocycles. The third-order valence-electron chi connectivity index (χ3n) is 4.18. The van der Waals surface area contributed by atoms with E-state index in [-0.39, 0.29) is 36.0 Å². The number of nitrogen functional groups attached to an aromatic ring is 1. The van der Waals surface area contributed by atoms with Crippen molar-refractivity contribution in [3.05, 3.63) is 40.7 Å². The van der Waals surface area contributed by atoms with Crippen molar-refractivity contribution in [2.24, 2.45) is 0 Å². The Morgan fingerprint density at radius 2 is 2.08 bits per heavy atom. The number of nitrogens with one attached hydrogen (secondary N) is 1. The minimum absolute atomic E-state index is 0.0324. The van der Waals surface area contributed by atoms with Crippen LogP contribution < -0.4 is 11.3 Å². The normalized spacial score (nSPS) is 20.7. The van der Waals surface area contributed by atoms with Crippen LogP contribution in [-0.4, -0.2) is 37.3 Å². The van der Waals surface area contributed by atoms with Crippen LogP contribution in [-0.2, 0) is 4.74 Å². The van der Waals surface area contributed by atoms with Crippen LogP contribution in [0.1, 0.15) is 19.1 Å². The van der Waals surface area contributed by atoms with E-state index >= 15 is 0 Å². The largest absolute Gasteiger partial charge is 0.394 e. The molecule has 24 heavy (non-hydrogen) atoms. The molecule has 3 aromatic rings. The molecule has 8 nitrogen and oxygen atoms in total. The first-order valence-electron chi connectivity index (χ1n) is 7.77. The molecule has 3 heterocycles. The van der Waals surface area contributed by atoms with E-state index in [0.717, 1.165) is 12.0 Å². The van der Waals surface area contributed by atoms with E-state index in [1.807, 2.05) is 30.3 Å². The van der Waals surface area contributed by atoms with Crippen LogP contribution in [0.5, 0.6) is 0 Å². The summed E-state index contributed by atoms with van der Waals surface area (Å²) in [5.74, 6) is 0.628. The molecule has 4 N–H and O–H groups in total. The van der Waals surface area contributed by atoms with Gasteiger partial charge < -0.3 is 15.6 Å². The van der Waals surface area contributed by atoms with Gasteiger partial charge in [0.2, 0.25) is 5.95 Å². The van der Waals surface area contributed by atoms with Crippen molar-refractivity contribution in [3.63, 3.8) is 0 Å². The number of aliphatic hydroxyl groups is 1. The molecule has 1 aliphatic rings. The maximum atomic E-state index is 12.2. The standard InChI is InChI=1S/C16H17N5O3/c17-16-19-14-12(15(23)20-16)18-13(9-4-2-1-3-5-9)21(14)11-7-6-10(8-22)24-11/h1-5,10-11,22H,6-8H2,(H3,17,19,20,23). The van der Waals surface area contributed by atoms with Crippen LogP contribution in [0.4, 0.5) is 5.95 Å². The van der Waals surface area contributed by atoms with Crippen LogP contribution >= 0.6 is 0 Å². The summed E-state index contributed by atoms with van der Waals surface area (Å²) < 4.78 is 7.68. The van der Waals surface area contributed by atoms with Crippen molar-refractivity contribution in [3.8, 4) is 11.4 Å². The lowest BCUT2D eigenvalue weighted by Crippen LogP contribution is -2.17. The Balaban J connectivity index is 1.96. The summed E-state index contributed by atoms with van der Waals surface area (Å²) in [5, 5.41) is 9.33. The third-order valence-corrected chi connectivity index (χ3v) is 4.18. The number of imidazole rings is 1. The number of ether oxygens (including phenoxy) is 1. The number of H-pyrrole nitrogens is 1. The lowest BCUT2D eigenvalue weighted by Gasteiger charge is -2.17. The molecular formula is C16H17N5O3. The predicted octanol–water partition coefficient (Wildman–Crippen LogP) is 1.04. The number of hydrogen-bond acceptors (Lipinski definition) is 6. The van der Waals surface area contributed by atoms with Gasteiger partial charge in [-0.05, 0) is 12.8 Å². The highest BCUT2D eigenvalue weighted by atomic mass is 16.5. The van der Waals surface area contributed by atoms with Gasteiger partial charge in [0.1, 0.15) is 12.1 Å². The number of nitrogens with zero attached hydrogens (tertiary/aromatic N) is 3. The highest BCUT2D eigenvalue weighted by Gasteiger charge is 2.30. The summed E-state index contributed by atoms with van der Waals surface area (Å²) in [5.41, 5.74) is 6.78. The van der Waals surface area contributed by atoms with Gasteiger partial charge in [0, 0.05) is 5.56 Å². The zero-order valence-corrected chi connectivity index (χ0v) is 12.8. The number of benzene rings is 1. The van der Waals surface area contributed by atoms with Crippen molar-refractivity contribution in [2.75, 3.05) is 12.3 Å². The lowest BCUT2D eigenvalue weighted by atomic mass is 10.2. The maximum Gasteiger partial charge on any atom is 0.280 e. The van der Waals surface area contributed by atoms with Crippen molar-refractivity contribution in [1.29, 1.82) is 0 Å². The first-order valence-corrected chi connectivity index (χ1v) is 7.77.